The summed E-state index contributed by atoms with van der Waals surface area (Å²) in [6, 6.07) is 19.6. The van der Waals surface area contributed by atoms with E-state index in [1.807, 2.05) is 61.0 Å². The van der Waals surface area contributed by atoms with Crippen LogP contribution in [0.25, 0.3) is 22.4 Å². The van der Waals surface area contributed by atoms with Gasteiger partial charge in [-0.1, -0.05) is 42.0 Å². The van der Waals surface area contributed by atoms with Crippen LogP contribution in [0, 0.1) is 18.3 Å². The number of carbonyl (C=O) groups excluding carboxylic acids is 1. The van der Waals surface area contributed by atoms with Gasteiger partial charge < -0.3 is 9.30 Å². The number of carbonyl (C=O) groups is 1. The zero-order chi connectivity index (χ0) is 20.1. The number of nitriles is 1. The molecule has 140 valence electrons. The van der Waals surface area contributed by atoms with Gasteiger partial charge in [0.15, 0.2) is 11.2 Å². The Morgan fingerprint density at radius 3 is 2.32 bits per heavy atom. The van der Waals surface area contributed by atoms with Crippen LogP contribution in [0.15, 0.2) is 59.7 Å². The highest BCUT2D eigenvalue weighted by atomic mass is 16.5. The van der Waals surface area contributed by atoms with Crippen molar-refractivity contribution in [2.45, 2.75) is 6.92 Å². The molecule has 0 saturated carbocycles. The number of aromatic nitrogens is 1. The summed E-state index contributed by atoms with van der Waals surface area (Å²) in [5.41, 5.74) is 8.38. The molecule has 0 aliphatic rings. The standard InChI is InChI=1S/C22H20N4O2/c1-15-4-8-18(9-5-15)21-19(17-10-6-16(13-23)7-11-17)12-20(28-3)22(26(21)2)25-24-14-27/h4-12,14H,1-3H3,(H,24,27)/b25-22-. The maximum absolute atomic E-state index is 10.7. The third-order valence-corrected chi connectivity index (χ3v) is 4.50. The average Bonchev–Trinajstić information content (AvgIpc) is 2.73. The minimum Gasteiger partial charge on any atom is -0.493 e. The molecule has 0 unspecified atom stereocenters. The molecule has 6 heteroatoms. The van der Waals surface area contributed by atoms with Gasteiger partial charge in [0.25, 0.3) is 0 Å². The topological polar surface area (TPSA) is 79.4 Å². The Kier molecular flexibility index (Phi) is 5.56. The van der Waals surface area contributed by atoms with Gasteiger partial charge in [-0.05, 0) is 36.2 Å². The van der Waals surface area contributed by atoms with Gasteiger partial charge in [0, 0.05) is 12.6 Å². The van der Waals surface area contributed by atoms with E-state index >= 15 is 0 Å². The van der Waals surface area contributed by atoms with Gasteiger partial charge in [-0.2, -0.15) is 10.4 Å². The molecule has 3 aromatic rings. The van der Waals surface area contributed by atoms with Crippen molar-refractivity contribution in [3.05, 3.63) is 71.2 Å². The fraction of sp³-hybridized carbons (Fsp3) is 0.136. The van der Waals surface area contributed by atoms with Gasteiger partial charge in [0.1, 0.15) is 0 Å². The van der Waals surface area contributed by atoms with Gasteiger partial charge in [-0.25, -0.2) is 5.43 Å². The van der Waals surface area contributed by atoms with E-state index in [2.05, 4.69) is 16.6 Å². The van der Waals surface area contributed by atoms with Gasteiger partial charge in [-0.3, -0.25) is 4.79 Å². The Morgan fingerprint density at radius 1 is 1.11 bits per heavy atom. The summed E-state index contributed by atoms with van der Waals surface area (Å²) in [6.07, 6.45) is 0.513. The van der Waals surface area contributed by atoms with E-state index in [0.29, 0.717) is 23.2 Å². The molecule has 0 aliphatic carbocycles. The SMILES string of the molecule is COc1cc(-c2ccc(C#N)cc2)c(-c2ccc(C)cc2)n(C)/c1=N\NC=O. The third kappa shape index (κ3) is 3.64. The minimum absolute atomic E-state index is 0.488. The van der Waals surface area contributed by atoms with Gasteiger partial charge >= 0.3 is 0 Å². The summed E-state index contributed by atoms with van der Waals surface area (Å²) < 4.78 is 7.40. The monoisotopic (exact) mass is 372 g/mol. The first-order chi connectivity index (χ1) is 13.6. The lowest BCUT2D eigenvalue weighted by Gasteiger charge is -2.18. The number of nitrogens with zero attached hydrogens (tertiary/aromatic N) is 3. The number of pyridine rings is 1. The first-order valence-electron chi connectivity index (χ1n) is 8.67. The van der Waals surface area contributed by atoms with E-state index in [0.717, 1.165) is 27.9 Å². The molecular weight excluding hydrogens is 352 g/mol. The number of benzene rings is 2. The molecule has 0 bridgehead atoms. The average molecular weight is 372 g/mol. The summed E-state index contributed by atoms with van der Waals surface area (Å²) in [7, 11) is 3.43. The number of ether oxygens (including phenoxy) is 1. The zero-order valence-corrected chi connectivity index (χ0v) is 15.9. The van der Waals surface area contributed by atoms with Crippen LogP contribution in [-0.2, 0) is 11.8 Å². The highest BCUT2D eigenvalue weighted by molar-refractivity contribution is 5.82. The molecule has 28 heavy (non-hydrogen) atoms. The second-order valence-electron chi connectivity index (χ2n) is 6.27. The third-order valence-electron chi connectivity index (χ3n) is 4.50. The Labute approximate surface area is 163 Å². The van der Waals surface area contributed by atoms with E-state index < -0.39 is 0 Å². The summed E-state index contributed by atoms with van der Waals surface area (Å²) >= 11 is 0. The van der Waals surface area contributed by atoms with Crippen LogP contribution in [0.1, 0.15) is 11.1 Å². The van der Waals surface area contributed by atoms with Crippen molar-refractivity contribution < 1.29 is 9.53 Å². The normalized spacial score (nSPS) is 11.0. The lowest BCUT2D eigenvalue weighted by Crippen LogP contribution is -2.25. The van der Waals surface area contributed by atoms with Crippen molar-refractivity contribution in [1.29, 1.82) is 5.26 Å². The molecule has 0 saturated heterocycles. The molecule has 1 heterocycles. The molecule has 1 amide bonds. The van der Waals surface area contributed by atoms with Crippen molar-refractivity contribution >= 4 is 6.41 Å². The number of amides is 1. The van der Waals surface area contributed by atoms with Crippen LogP contribution in [-0.4, -0.2) is 18.1 Å². The highest BCUT2D eigenvalue weighted by Crippen LogP contribution is 2.33. The molecule has 6 nitrogen and oxygen atoms in total. The molecule has 0 spiro atoms. The molecule has 1 aromatic heterocycles. The molecule has 2 aromatic carbocycles. The van der Waals surface area contributed by atoms with Crippen LogP contribution in [0.3, 0.4) is 0 Å². The second-order valence-corrected chi connectivity index (χ2v) is 6.27. The first kappa shape index (κ1) is 18.9. The number of aryl methyl sites for hydroxylation is 1. The van der Waals surface area contributed by atoms with Crippen LogP contribution in [0.2, 0.25) is 0 Å². The van der Waals surface area contributed by atoms with Crippen molar-refractivity contribution in [3.8, 4) is 34.2 Å². The number of hydrogen-bond acceptors (Lipinski definition) is 4. The number of rotatable bonds is 5. The maximum atomic E-state index is 10.7. The number of nitrogens with one attached hydrogen (secondary N) is 1. The molecule has 0 atom stereocenters. The predicted molar refractivity (Wildman–Crippen MR) is 107 cm³/mol. The van der Waals surface area contributed by atoms with E-state index in [-0.39, 0.29) is 0 Å². The quantitative estimate of drug-likeness (QED) is 0.552. The van der Waals surface area contributed by atoms with Crippen LogP contribution in [0.5, 0.6) is 5.75 Å². The van der Waals surface area contributed by atoms with Crippen LogP contribution in [0.4, 0.5) is 0 Å². The fourth-order valence-corrected chi connectivity index (χ4v) is 3.09. The van der Waals surface area contributed by atoms with Crippen LogP contribution < -0.4 is 15.7 Å². The van der Waals surface area contributed by atoms with E-state index in [4.69, 9.17) is 10.00 Å². The molecule has 1 N–H and O–H groups in total. The van der Waals surface area contributed by atoms with E-state index in [9.17, 15) is 4.79 Å². The predicted octanol–water partition coefficient (Wildman–Crippen LogP) is 3.11. The Morgan fingerprint density at radius 2 is 1.75 bits per heavy atom. The Hall–Kier alpha value is -3.85. The summed E-state index contributed by atoms with van der Waals surface area (Å²) in [4.78, 5) is 10.7. The first-order valence-corrected chi connectivity index (χ1v) is 8.67. The second kappa shape index (κ2) is 8.23. The Balaban J connectivity index is 2.36. The minimum atomic E-state index is 0.488. The number of hydrogen-bond donors (Lipinski definition) is 1. The molecule has 0 radical (unpaired) electrons. The lowest BCUT2D eigenvalue weighted by molar-refractivity contribution is -0.109. The zero-order valence-electron chi connectivity index (χ0n) is 15.9. The van der Waals surface area contributed by atoms with Gasteiger partial charge in [0.05, 0.1) is 24.4 Å². The summed E-state index contributed by atoms with van der Waals surface area (Å²) in [5, 5.41) is 13.2. The summed E-state index contributed by atoms with van der Waals surface area (Å²) in [6.45, 7) is 2.04. The van der Waals surface area contributed by atoms with Crippen LogP contribution >= 0.6 is 0 Å². The lowest BCUT2D eigenvalue weighted by atomic mass is 9.97. The largest absolute Gasteiger partial charge is 0.493 e. The Bertz CT molecular complexity index is 1110. The molecule has 0 fully saturated rings. The molecule has 0 aliphatic heterocycles. The van der Waals surface area contributed by atoms with E-state index in [1.54, 1.807) is 19.2 Å². The summed E-state index contributed by atoms with van der Waals surface area (Å²) in [5.74, 6) is 0.520. The molecular formula is C22H20N4O2. The van der Waals surface area contributed by atoms with Crippen molar-refractivity contribution in [2.24, 2.45) is 12.1 Å². The van der Waals surface area contributed by atoms with Crippen molar-refractivity contribution in [2.75, 3.05) is 7.11 Å². The highest BCUT2D eigenvalue weighted by Gasteiger charge is 2.15. The van der Waals surface area contributed by atoms with Crippen molar-refractivity contribution in [3.63, 3.8) is 0 Å². The van der Waals surface area contributed by atoms with Crippen molar-refractivity contribution in [1.82, 2.24) is 9.99 Å². The maximum Gasteiger partial charge on any atom is 0.227 e. The van der Waals surface area contributed by atoms with Gasteiger partial charge in [0.2, 0.25) is 6.41 Å². The fourth-order valence-electron chi connectivity index (χ4n) is 3.09. The van der Waals surface area contributed by atoms with Gasteiger partial charge in [-0.15, -0.1) is 0 Å². The molecule has 3 rings (SSSR count). The smallest absolute Gasteiger partial charge is 0.227 e. The number of methoxy groups -OCH3 is 1. The van der Waals surface area contributed by atoms with E-state index in [1.165, 1.54) is 0 Å².